The second-order valence-corrected chi connectivity index (χ2v) is 4.39. The van der Waals surface area contributed by atoms with Crippen molar-refractivity contribution in [3.8, 4) is 0 Å². The van der Waals surface area contributed by atoms with Gasteiger partial charge >= 0.3 is 0 Å². The average Bonchev–Trinajstić information content (AvgIpc) is 2.70. The first-order chi connectivity index (χ1) is 7.18. The minimum Gasteiger partial charge on any atom is -0.356 e. The number of pyridine rings is 1. The lowest BCUT2D eigenvalue weighted by Crippen LogP contribution is -2.20. The van der Waals surface area contributed by atoms with E-state index in [0.29, 0.717) is 0 Å². The normalized spacial score (nSPS) is 18.2. The van der Waals surface area contributed by atoms with Gasteiger partial charge in [-0.15, -0.1) is 0 Å². The molecule has 0 unspecified atom stereocenters. The zero-order valence-electron chi connectivity index (χ0n) is 9.53. The Kier molecular flexibility index (Phi) is 2.91. The fourth-order valence-electron chi connectivity index (χ4n) is 2.10. The second-order valence-electron chi connectivity index (χ2n) is 4.39. The topological polar surface area (TPSA) is 42.1 Å². The number of hydrogen-bond acceptors (Lipinski definition) is 3. The van der Waals surface area contributed by atoms with Crippen molar-refractivity contribution < 1.29 is 0 Å². The predicted molar refractivity (Wildman–Crippen MR) is 63.0 cm³/mol. The third-order valence-corrected chi connectivity index (χ3v) is 3.00. The summed E-state index contributed by atoms with van der Waals surface area (Å²) in [7, 11) is 0. The van der Waals surface area contributed by atoms with Crippen LogP contribution in [0.15, 0.2) is 12.3 Å². The van der Waals surface area contributed by atoms with Crippen LogP contribution in [0.5, 0.6) is 0 Å². The van der Waals surface area contributed by atoms with Crippen molar-refractivity contribution in [2.24, 2.45) is 5.73 Å². The van der Waals surface area contributed by atoms with E-state index in [4.69, 9.17) is 5.73 Å². The Morgan fingerprint density at radius 2 is 2.07 bits per heavy atom. The molecule has 1 aromatic rings. The lowest BCUT2D eigenvalue weighted by Gasteiger charge is -2.19. The molecule has 1 aliphatic heterocycles. The van der Waals surface area contributed by atoms with Gasteiger partial charge in [0.05, 0.1) is 0 Å². The molecule has 0 bridgehead atoms. The summed E-state index contributed by atoms with van der Waals surface area (Å²) in [5, 5.41) is 0. The number of aryl methyl sites for hydroxylation is 1. The molecule has 1 fully saturated rings. The highest BCUT2D eigenvalue weighted by Crippen LogP contribution is 2.23. The highest BCUT2D eigenvalue weighted by molar-refractivity contribution is 5.48. The smallest absolute Gasteiger partial charge is 0.131 e. The number of nitrogens with zero attached hydrogens (tertiary/aromatic N) is 2. The zero-order valence-corrected chi connectivity index (χ0v) is 9.53. The van der Waals surface area contributed by atoms with Crippen molar-refractivity contribution >= 4 is 5.82 Å². The quantitative estimate of drug-likeness (QED) is 0.803. The van der Waals surface area contributed by atoms with Crippen LogP contribution in [0.25, 0.3) is 0 Å². The molecule has 15 heavy (non-hydrogen) atoms. The molecule has 2 N–H and O–H groups in total. The first-order valence-corrected chi connectivity index (χ1v) is 5.65. The van der Waals surface area contributed by atoms with Crippen LogP contribution in [0.1, 0.15) is 36.9 Å². The Labute approximate surface area is 91.3 Å². The molecular formula is C12H19N3. The first kappa shape index (κ1) is 10.4. The van der Waals surface area contributed by atoms with Crippen LogP contribution in [0.2, 0.25) is 0 Å². The van der Waals surface area contributed by atoms with Gasteiger partial charge in [-0.2, -0.15) is 0 Å². The van der Waals surface area contributed by atoms with Gasteiger partial charge in [0.1, 0.15) is 5.82 Å². The molecule has 1 atom stereocenters. The van der Waals surface area contributed by atoms with Gasteiger partial charge in [0.25, 0.3) is 0 Å². The Balaban J connectivity index is 2.25. The molecule has 0 amide bonds. The lowest BCUT2D eigenvalue weighted by molar-refractivity contribution is 0.805. The molecule has 1 saturated heterocycles. The second kappa shape index (κ2) is 4.19. The van der Waals surface area contributed by atoms with Crippen molar-refractivity contribution in [3.63, 3.8) is 0 Å². The predicted octanol–water partition coefficient (Wildman–Crippen LogP) is 2.01. The van der Waals surface area contributed by atoms with Crippen LogP contribution in [0, 0.1) is 6.92 Å². The SMILES string of the molecule is Cc1cc([C@H](C)N)cnc1N1CCCC1. The molecule has 82 valence electrons. The van der Waals surface area contributed by atoms with E-state index in [1.165, 1.54) is 18.4 Å². The van der Waals surface area contributed by atoms with Gasteiger partial charge in [-0.3, -0.25) is 0 Å². The van der Waals surface area contributed by atoms with Gasteiger partial charge in [0, 0.05) is 25.3 Å². The molecular weight excluding hydrogens is 186 g/mol. The van der Waals surface area contributed by atoms with Gasteiger partial charge < -0.3 is 10.6 Å². The molecule has 0 aromatic carbocycles. The summed E-state index contributed by atoms with van der Waals surface area (Å²) in [4.78, 5) is 6.89. The average molecular weight is 205 g/mol. The van der Waals surface area contributed by atoms with Gasteiger partial charge in [0.15, 0.2) is 0 Å². The van der Waals surface area contributed by atoms with Gasteiger partial charge in [0.2, 0.25) is 0 Å². The highest BCUT2D eigenvalue weighted by Gasteiger charge is 2.15. The van der Waals surface area contributed by atoms with Gasteiger partial charge in [-0.05, 0) is 43.9 Å². The molecule has 3 heteroatoms. The summed E-state index contributed by atoms with van der Waals surface area (Å²) < 4.78 is 0. The minimum atomic E-state index is 0.0730. The van der Waals surface area contributed by atoms with Crippen LogP contribution >= 0.6 is 0 Å². The van der Waals surface area contributed by atoms with E-state index in [0.717, 1.165) is 24.5 Å². The summed E-state index contributed by atoms with van der Waals surface area (Å²) in [5.41, 5.74) is 8.20. The highest BCUT2D eigenvalue weighted by atomic mass is 15.2. The van der Waals surface area contributed by atoms with Crippen molar-refractivity contribution in [1.82, 2.24) is 4.98 Å². The van der Waals surface area contributed by atoms with Crippen LogP contribution in [0.4, 0.5) is 5.82 Å². The molecule has 2 rings (SSSR count). The molecule has 0 aliphatic carbocycles. The monoisotopic (exact) mass is 205 g/mol. The number of hydrogen-bond donors (Lipinski definition) is 1. The van der Waals surface area contributed by atoms with Crippen LogP contribution in [-0.4, -0.2) is 18.1 Å². The van der Waals surface area contributed by atoms with Crippen LogP contribution in [-0.2, 0) is 0 Å². The van der Waals surface area contributed by atoms with Crippen molar-refractivity contribution in [2.45, 2.75) is 32.7 Å². The third kappa shape index (κ3) is 2.12. The number of aromatic nitrogens is 1. The van der Waals surface area contributed by atoms with E-state index in [1.54, 1.807) is 0 Å². The largest absolute Gasteiger partial charge is 0.356 e. The Hall–Kier alpha value is -1.09. The fraction of sp³-hybridized carbons (Fsp3) is 0.583. The maximum Gasteiger partial charge on any atom is 0.131 e. The van der Waals surface area contributed by atoms with E-state index in [-0.39, 0.29) is 6.04 Å². The number of rotatable bonds is 2. The molecule has 1 aromatic heterocycles. The summed E-state index contributed by atoms with van der Waals surface area (Å²) >= 11 is 0. The van der Waals surface area contributed by atoms with E-state index < -0.39 is 0 Å². The maximum atomic E-state index is 5.83. The first-order valence-electron chi connectivity index (χ1n) is 5.65. The molecule has 0 radical (unpaired) electrons. The van der Waals surface area contributed by atoms with Crippen LogP contribution in [0.3, 0.4) is 0 Å². The number of anilines is 1. The lowest BCUT2D eigenvalue weighted by atomic mass is 10.1. The Bertz CT molecular complexity index is 341. The van der Waals surface area contributed by atoms with Gasteiger partial charge in [-0.1, -0.05) is 0 Å². The fourth-order valence-corrected chi connectivity index (χ4v) is 2.10. The van der Waals surface area contributed by atoms with E-state index in [1.807, 2.05) is 13.1 Å². The summed E-state index contributed by atoms with van der Waals surface area (Å²) in [6.07, 6.45) is 4.48. The zero-order chi connectivity index (χ0) is 10.8. The summed E-state index contributed by atoms with van der Waals surface area (Å²) in [5.74, 6) is 1.14. The van der Waals surface area contributed by atoms with Gasteiger partial charge in [-0.25, -0.2) is 4.98 Å². The van der Waals surface area contributed by atoms with Crippen molar-refractivity contribution in [1.29, 1.82) is 0 Å². The maximum absolute atomic E-state index is 5.83. The van der Waals surface area contributed by atoms with E-state index in [2.05, 4.69) is 22.9 Å². The van der Waals surface area contributed by atoms with Crippen LogP contribution < -0.4 is 10.6 Å². The molecule has 0 spiro atoms. The minimum absolute atomic E-state index is 0.0730. The third-order valence-electron chi connectivity index (χ3n) is 3.00. The molecule has 3 nitrogen and oxygen atoms in total. The molecule has 0 saturated carbocycles. The number of nitrogens with two attached hydrogens (primary N) is 1. The molecule has 1 aliphatic rings. The summed E-state index contributed by atoms with van der Waals surface area (Å²) in [6, 6.07) is 2.23. The standard InChI is InChI=1S/C12H19N3/c1-9-7-11(10(2)13)8-14-12(9)15-5-3-4-6-15/h7-8,10H,3-6,13H2,1-2H3/t10-/m0/s1. The van der Waals surface area contributed by atoms with E-state index >= 15 is 0 Å². The van der Waals surface area contributed by atoms with Crippen molar-refractivity contribution in [3.05, 3.63) is 23.4 Å². The van der Waals surface area contributed by atoms with E-state index in [9.17, 15) is 0 Å². The Morgan fingerprint density at radius 3 is 2.60 bits per heavy atom. The van der Waals surface area contributed by atoms with Crippen molar-refractivity contribution in [2.75, 3.05) is 18.0 Å². The Morgan fingerprint density at radius 1 is 1.40 bits per heavy atom. The molecule has 2 heterocycles. The summed E-state index contributed by atoms with van der Waals surface area (Å²) in [6.45, 7) is 6.40.